The van der Waals surface area contributed by atoms with Gasteiger partial charge in [-0.2, -0.15) is 0 Å². The molecule has 0 radical (unpaired) electrons. The number of amides is 1. The summed E-state index contributed by atoms with van der Waals surface area (Å²) in [5.74, 6) is 0.0450. The zero-order valence-corrected chi connectivity index (χ0v) is 14.8. The van der Waals surface area contributed by atoms with E-state index in [0.717, 1.165) is 25.3 Å². The second-order valence-corrected chi connectivity index (χ2v) is 7.18. The molecule has 1 aromatic rings. The van der Waals surface area contributed by atoms with Gasteiger partial charge >= 0.3 is 0 Å². The van der Waals surface area contributed by atoms with Crippen molar-refractivity contribution in [1.82, 2.24) is 9.80 Å². The van der Waals surface area contributed by atoms with Crippen LogP contribution in [0.25, 0.3) is 0 Å². The standard InChI is InChI=1S/C19H29N3O2/c1-15-11-22(12-16(2)24-15)14-19(23)20-18-7-5-17(6-8-18)13-21-9-3-4-10-21/h5-8,15-16H,3-4,9-14H2,1-2H3,(H,20,23)/t15-,16-/m0/s1. The van der Waals surface area contributed by atoms with Crippen molar-refractivity contribution in [2.24, 2.45) is 0 Å². The van der Waals surface area contributed by atoms with Crippen molar-refractivity contribution < 1.29 is 9.53 Å². The van der Waals surface area contributed by atoms with Crippen LogP contribution in [0.1, 0.15) is 32.3 Å². The summed E-state index contributed by atoms with van der Waals surface area (Å²) >= 11 is 0. The number of morpholine rings is 1. The van der Waals surface area contributed by atoms with Gasteiger partial charge in [0.1, 0.15) is 0 Å². The Morgan fingerprint density at radius 3 is 2.33 bits per heavy atom. The SMILES string of the molecule is C[C@H]1CN(CC(=O)Nc2ccc(CN3CCCC3)cc2)C[C@H](C)O1. The summed E-state index contributed by atoms with van der Waals surface area (Å²) in [5, 5.41) is 3.00. The van der Waals surface area contributed by atoms with E-state index in [1.807, 2.05) is 12.1 Å². The van der Waals surface area contributed by atoms with E-state index < -0.39 is 0 Å². The summed E-state index contributed by atoms with van der Waals surface area (Å²) in [6.45, 7) is 9.58. The minimum absolute atomic E-state index is 0.0450. The van der Waals surface area contributed by atoms with Crippen LogP contribution in [0.2, 0.25) is 0 Å². The Labute approximate surface area is 145 Å². The van der Waals surface area contributed by atoms with Gasteiger partial charge < -0.3 is 10.1 Å². The largest absolute Gasteiger partial charge is 0.373 e. The van der Waals surface area contributed by atoms with Crippen molar-refractivity contribution in [3.63, 3.8) is 0 Å². The molecule has 0 aliphatic carbocycles. The molecule has 1 N–H and O–H groups in total. The van der Waals surface area contributed by atoms with Crippen LogP contribution in [0, 0.1) is 0 Å². The van der Waals surface area contributed by atoms with Gasteiger partial charge in [0.25, 0.3) is 0 Å². The van der Waals surface area contributed by atoms with Crippen molar-refractivity contribution in [1.29, 1.82) is 0 Å². The van der Waals surface area contributed by atoms with E-state index in [9.17, 15) is 4.79 Å². The van der Waals surface area contributed by atoms with Crippen molar-refractivity contribution in [2.45, 2.75) is 45.4 Å². The molecule has 5 nitrogen and oxygen atoms in total. The molecule has 1 aromatic carbocycles. The second kappa shape index (κ2) is 8.10. The summed E-state index contributed by atoms with van der Waals surface area (Å²) in [7, 11) is 0. The van der Waals surface area contributed by atoms with Gasteiger partial charge in [-0.1, -0.05) is 12.1 Å². The predicted octanol–water partition coefficient (Wildman–Crippen LogP) is 2.33. The summed E-state index contributed by atoms with van der Waals surface area (Å²) in [5.41, 5.74) is 2.19. The third-order valence-electron chi connectivity index (χ3n) is 4.71. The molecule has 1 amide bonds. The highest BCUT2D eigenvalue weighted by Crippen LogP contribution is 2.16. The molecular weight excluding hydrogens is 302 g/mol. The molecule has 132 valence electrons. The first-order valence-electron chi connectivity index (χ1n) is 9.07. The lowest BCUT2D eigenvalue weighted by Gasteiger charge is -2.34. The molecule has 2 atom stereocenters. The lowest BCUT2D eigenvalue weighted by molar-refractivity contribution is -0.121. The first kappa shape index (κ1) is 17.4. The molecule has 2 aliphatic rings. The van der Waals surface area contributed by atoms with Gasteiger partial charge in [0.15, 0.2) is 0 Å². The normalized spacial score (nSPS) is 25.8. The Morgan fingerprint density at radius 1 is 1.08 bits per heavy atom. The molecule has 2 heterocycles. The first-order valence-corrected chi connectivity index (χ1v) is 9.07. The van der Waals surface area contributed by atoms with Gasteiger partial charge in [-0.05, 0) is 57.5 Å². The van der Waals surface area contributed by atoms with Gasteiger partial charge in [-0.15, -0.1) is 0 Å². The molecule has 2 aliphatic heterocycles. The van der Waals surface area contributed by atoms with E-state index in [4.69, 9.17) is 4.74 Å². The van der Waals surface area contributed by atoms with Crippen LogP contribution in [0.3, 0.4) is 0 Å². The Kier molecular flexibility index (Phi) is 5.87. The molecule has 5 heteroatoms. The highest BCUT2D eigenvalue weighted by atomic mass is 16.5. The molecule has 0 saturated carbocycles. The molecule has 2 fully saturated rings. The molecule has 24 heavy (non-hydrogen) atoms. The van der Waals surface area contributed by atoms with Gasteiger partial charge in [-0.25, -0.2) is 0 Å². The van der Waals surface area contributed by atoms with Crippen molar-refractivity contribution in [3.05, 3.63) is 29.8 Å². The van der Waals surface area contributed by atoms with Crippen LogP contribution in [0.15, 0.2) is 24.3 Å². The third kappa shape index (κ3) is 5.03. The Bertz CT molecular complexity index is 530. The average molecular weight is 331 g/mol. The van der Waals surface area contributed by atoms with Crippen LogP contribution < -0.4 is 5.32 Å². The smallest absolute Gasteiger partial charge is 0.238 e. The maximum absolute atomic E-state index is 12.3. The molecular formula is C19H29N3O2. The number of nitrogens with zero attached hydrogens (tertiary/aromatic N) is 2. The zero-order chi connectivity index (χ0) is 16.9. The van der Waals surface area contributed by atoms with Crippen LogP contribution in [-0.2, 0) is 16.1 Å². The number of ether oxygens (including phenoxy) is 1. The molecule has 3 rings (SSSR count). The average Bonchev–Trinajstić information content (AvgIpc) is 3.01. The van der Waals surface area contributed by atoms with Crippen LogP contribution in [0.5, 0.6) is 0 Å². The number of nitrogens with one attached hydrogen (secondary N) is 1. The van der Waals surface area contributed by atoms with Crippen LogP contribution in [-0.4, -0.2) is 60.6 Å². The summed E-state index contributed by atoms with van der Waals surface area (Å²) in [6, 6.07) is 8.25. The van der Waals surface area contributed by atoms with E-state index in [-0.39, 0.29) is 18.1 Å². The van der Waals surface area contributed by atoms with Crippen molar-refractivity contribution in [2.75, 3.05) is 38.0 Å². The maximum atomic E-state index is 12.3. The summed E-state index contributed by atoms with van der Waals surface area (Å²) in [6.07, 6.45) is 3.00. The lowest BCUT2D eigenvalue weighted by atomic mass is 10.2. The first-order chi connectivity index (χ1) is 11.6. The number of hydrogen-bond donors (Lipinski definition) is 1. The summed E-state index contributed by atoms with van der Waals surface area (Å²) < 4.78 is 5.71. The highest BCUT2D eigenvalue weighted by molar-refractivity contribution is 5.92. The summed E-state index contributed by atoms with van der Waals surface area (Å²) in [4.78, 5) is 16.9. The third-order valence-corrected chi connectivity index (χ3v) is 4.71. The molecule has 0 unspecified atom stereocenters. The number of likely N-dealkylation sites (tertiary alicyclic amines) is 1. The van der Waals surface area contributed by atoms with E-state index >= 15 is 0 Å². The molecule has 2 saturated heterocycles. The van der Waals surface area contributed by atoms with Gasteiger partial charge in [0.05, 0.1) is 18.8 Å². The van der Waals surface area contributed by atoms with E-state index in [1.54, 1.807) is 0 Å². The number of anilines is 1. The highest BCUT2D eigenvalue weighted by Gasteiger charge is 2.23. The number of carbonyl (C=O) groups is 1. The minimum Gasteiger partial charge on any atom is -0.373 e. The molecule has 0 spiro atoms. The second-order valence-electron chi connectivity index (χ2n) is 7.18. The van der Waals surface area contributed by atoms with Crippen molar-refractivity contribution in [3.8, 4) is 0 Å². The Hall–Kier alpha value is -1.43. The lowest BCUT2D eigenvalue weighted by Crippen LogP contribution is -2.48. The van der Waals surface area contributed by atoms with Crippen LogP contribution >= 0.6 is 0 Å². The Morgan fingerprint density at radius 2 is 1.71 bits per heavy atom. The fourth-order valence-electron chi connectivity index (χ4n) is 3.71. The monoisotopic (exact) mass is 331 g/mol. The Balaban J connectivity index is 1.47. The number of rotatable bonds is 5. The van der Waals surface area contributed by atoms with E-state index in [0.29, 0.717) is 6.54 Å². The van der Waals surface area contributed by atoms with Gasteiger partial charge in [-0.3, -0.25) is 14.6 Å². The van der Waals surface area contributed by atoms with E-state index in [1.165, 1.54) is 31.5 Å². The zero-order valence-electron chi connectivity index (χ0n) is 14.8. The van der Waals surface area contributed by atoms with Gasteiger partial charge in [0.2, 0.25) is 5.91 Å². The number of carbonyl (C=O) groups excluding carboxylic acids is 1. The number of benzene rings is 1. The van der Waals surface area contributed by atoms with Crippen LogP contribution in [0.4, 0.5) is 5.69 Å². The van der Waals surface area contributed by atoms with Gasteiger partial charge in [0, 0.05) is 25.3 Å². The maximum Gasteiger partial charge on any atom is 0.238 e. The fourth-order valence-corrected chi connectivity index (χ4v) is 3.71. The quantitative estimate of drug-likeness (QED) is 0.899. The number of hydrogen-bond acceptors (Lipinski definition) is 4. The minimum atomic E-state index is 0.0450. The molecule has 0 bridgehead atoms. The van der Waals surface area contributed by atoms with Crippen molar-refractivity contribution >= 4 is 11.6 Å². The topological polar surface area (TPSA) is 44.8 Å². The fraction of sp³-hybridized carbons (Fsp3) is 0.632. The van der Waals surface area contributed by atoms with E-state index in [2.05, 4.69) is 41.1 Å². The predicted molar refractivity (Wildman–Crippen MR) is 96.0 cm³/mol. The molecule has 0 aromatic heterocycles.